The first-order valence-electron chi connectivity index (χ1n) is 8.61. The number of aliphatic imine (C=N–C) groups is 2. The van der Waals surface area contributed by atoms with Crippen LogP contribution in [0.5, 0.6) is 5.75 Å². The van der Waals surface area contributed by atoms with Gasteiger partial charge in [-0.25, -0.2) is 0 Å². The van der Waals surface area contributed by atoms with E-state index in [9.17, 15) is 10.2 Å². The first-order valence-corrected chi connectivity index (χ1v) is 8.61. The molecule has 1 aliphatic rings. The smallest absolute Gasteiger partial charge is 0.131 e. The first kappa shape index (κ1) is 17.3. The van der Waals surface area contributed by atoms with Gasteiger partial charge in [0.25, 0.3) is 0 Å². The number of hydrogen-bond acceptors (Lipinski definition) is 6. The van der Waals surface area contributed by atoms with Crippen LogP contribution < -0.4 is 4.74 Å². The molecular formula is C21H19N3O3. The predicted octanol–water partition coefficient (Wildman–Crippen LogP) is 2.48. The third-order valence-electron chi connectivity index (χ3n) is 4.68. The molecule has 0 bridgehead atoms. The molecule has 0 amide bonds. The normalized spacial score (nSPS) is 13.6. The van der Waals surface area contributed by atoms with Crippen molar-refractivity contribution in [2.45, 2.75) is 13.2 Å². The van der Waals surface area contributed by atoms with Crippen molar-refractivity contribution >= 4 is 22.2 Å². The van der Waals surface area contributed by atoms with E-state index < -0.39 is 0 Å². The molecule has 2 heterocycles. The number of aliphatic hydroxyl groups is 2. The largest absolute Gasteiger partial charge is 0.496 e. The molecule has 2 N–H and O–H groups in total. The third-order valence-corrected chi connectivity index (χ3v) is 4.68. The minimum atomic E-state index is -0.209. The SMILES string of the molecule is COc1cc(C2=NCN=C2c2cc3ccccc3cn2)cc(CO)c1CO. The highest BCUT2D eigenvalue weighted by Gasteiger charge is 2.22. The molecule has 0 spiro atoms. The van der Waals surface area contributed by atoms with E-state index in [-0.39, 0.29) is 13.2 Å². The number of fused-ring (bicyclic) bond motifs is 1. The van der Waals surface area contributed by atoms with Crippen LogP contribution in [-0.4, -0.2) is 40.4 Å². The van der Waals surface area contributed by atoms with Crippen molar-refractivity contribution in [2.24, 2.45) is 9.98 Å². The van der Waals surface area contributed by atoms with Crippen LogP contribution in [0.25, 0.3) is 10.8 Å². The number of ether oxygens (including phenoxy) is 1. The van der Waals surface area contributed by atoms with Gasteiger partial charge in [0.15, 0.2) is 0 Å². The Morgan fingerprint density at radius 3 is 2.48 bits per heavy atom. The quantitative estimate of drug-likeness (QED) is 0.731. The second kappa shape index (κ2) is 7.26. The highest BCUT2D eigenvalue weighted by Crippen LogP contribution is 2.27. The molecule has 0 aliphatic carbocycles. The van der Waals surface area contributed by atoms with Crippen LogP contribution in [-0.2, 0) is 13.2 Å². The Morgan fingerprint density at radius 2 is 1.74 bits per heavy atom. The van der Waals surface area contributed by atoms with Gasteiger partial charge in [0.05, 0.1) is 31.7 Å². The minimum absolute atomic E-state index is 0.200. The maximum atomic E-state index is 9.69. The average Bonchev–Trinajstić information content (AvgIpc) is 3.22. The monoisotopic (exact) mass is 361 g/mol. The number of aromatic nitrogens is 1. The Kier molecular flexibility index (Phi) is 4.66. The molecule has 0 unspecified atom stereocenters. The molecule has 6 heteroatoms. The lowest BCUT2D eigenvalue weighted by Crippen LogP contribution is -2.16. The van der Waals surface area contributed by atoms with Gasteiger partial charge in [-0.15, -0.1) is 0 Å². The summed E-state index contributed by atoms with van der Waals surface area (Å²) in [5.74, 6) is 0.513. The molecule has 0 saturated heterocycles. The number of nitrogens with zero attached hydrogens (tertiary/aromatic N) is 3. The first-order chi connectivity index (χ1) is 13.2. The van der Waals surface area contributed by atoms with Gasteiger partial charge in [-0.1, -0.05) is 24.3 Å². The Balaban J connectivity index is 1.79. The number of aliphatic hydroxyl groups excluding tert-OH is 2. The summed E-state index contributed by atoms with van der Waals surface area (Å²) >= 11 is 0. The van der Waals surface area contributed by atoms with Crippen LogP contribution in [0.4, 0.5) is 0 Å². The van der Waals surface area contributed by atoms with E-state index in [1.54, 1.807) is 0 Å². The summed E-state index contributed by atoms with van der Waals surface area (Å²) in [5.41, 5.74) is 4.12. The average molecular weight is 361 g/mol. The summed E-state index contributed by atoms with van der Waals surface area (Å²) in [6.07, 6.45) is 1.83. The third kappa shape index (κ3) is 3.09. The number of rotatable bonds is 5. The lowest BCUT2D eigenvalue weighted by molar-refractivity contribution is 0.254. The molecule has 3 aromatic rings. The van der Waals surface area contributed by atoms with Gasteiger partial charge in [-0.3, -0.25) is 15.0 Å². The summed E-state index contributed by atoms with van der Waals surface area (Å²) in [6.45, 7) is -0.0786. The Hall–Kier alpha value is -3.09. The molecule has 0 saturated carbocycles. The molecule has 6 nitrogen and oxygen atoms in total. The fourth-order valence-electron chi connectivity index (χ4n) is 3.31. The molecule has 136 valence electrons. The van der Waals surface area contributed by atoms with E-state index in [1.807, 2.05) is 48.7 Å². The number of methoxy groups -OCH3 is 1. The van der Waals surface area contributed by atoms with Crippen LogP contribution in [0.15, 0.2) is 58.6 Å². The van der Waals surface area contributed by atoms with Crippen molar-refractivity contribution in [1.82, 2.24) is 4.98 Å². The molecule has 2 aromatic carbocycles. The van der Waals surface area contributed by atoms with Crippen LogP contribution in [0.1, 0.15) is 22.4 Å². The van der Waals surface area contributed by atoms with E-state index in [0.717, 1.165) is 22.0 Å². The second-order valence-corrected chi connectivity index (χ2v) is 6.20. The molecule has 0 atom stereocenters. The van der Waals surface area contributed by atoms with Crippen LogP contribution in [0, 0.1) is 0 Å². The Morgan fingerprint density at radius 1 is 0.963 bits per heavy atom. The molecule has 0 radical (unpaired) electrons. The predicted molar refractivity (Wildman–Crippen MR) is 105 cm³/mol. The van der Waals surface area contributed by atoms with Gasteiger partial charge in [-0.2, -0.15) is 0 Å². The van der Waals surface area contributed by atoms with Gasteiger partial charge >= 0.3 is 0 Å². The summed E-state index contributed by atoms with van der Waals surface area (Å²) < 4.78 is 5.40. The highest BCUT2D eigenvalue weighted by molar-refractivity contribution is 6.54. The molecule has 4 rings (SSSR count). The minimum Gasteiger partial charge on any atom is -0.496 e. The van der Waals surface area contributed by atoms with Gasteiger partial charge in [0, 0.05) is 22.7 Å². The van der Waals surface area contributed by atoms with Crippen molar-refractivity contribution < 1.29 is 14.9 Å². The molecule has 27 heavy (non-hydrogen) atoms. The van der Waals surface area contributed by atoms with Crippen LogP contribution in [0.2, 0.25) is 0 Å². The van der Waals surface area contributed by atoms with Crippen molar-refractivity contribution in [3.8, 4) is 5.75 Å². The summed E-state index contributed by atoms with van der Waals surface area (Å²) in [5, 5.41) is 21.4. The van der Waals surface area contributed by atoms with E-state index in [0.29, 0.717) is 35.0 Å². The van der Waals surface area contributed by atoms with Crippen molar-refractivity contribution in [3.05, 3.63) is 71.0 Å². The molecule has 1 aliphatic heterocycles. The van der Waals surface area contributed by atoms with Crippen molar-refractivity contribution in [3.63, 3.8) is 0 Å². The molecular weight excluding hydrogens is 342 g/mol. The summed E-state index contributed by atoms with van der Waals surface area (Å²) in [4.78, 5) is 13.6. The van der Waals surface area contributed by atoms with Crippen LogP contribution in [0.3, 0.4) is 0 Å². The second-order valence-electron chi connectivity index (χ2n) is 6.20. The number of hydrogen-bond donors (Lipinski definition) is 2. The lowest BCUT2D eigenvalue weighted by Gasteiger charge is -2.14. The number of benzene rings is 2. The standard InChI is InChI=1S/C21H19N3O3/c1-27-19-8-15(6-16(10-25)17(19)11-26)20-21(24-12-23-20)18-7-13-4-2-3-5-14(13)9-22-18/h2-9,25-26H,10-12H2,1H3. The summed E-state index contributed by atoms with van der Waals surface area (Å²) in [6, 6.07) is 13.7. The Labute approximate surface area is 156 Å². The fraction of sp³-hybridized carbons (Fsp3) is 0.190. The maximum absolute atomic E-state index is 9.69. The van der Waals surface area contributed by atoms with E-state index in [2.05, 4.69) is 15.0 Å². The van der Waals surface area contributed by atoms with Gasteiger partial charge in [-0.05, 0) is 29.1 Å². The number of pyridine rings is 1. The van der Waals surface area contributed by atoms with Gasteiger partial charge in [0.2, 0.25) is 0 Å². The zero-order valence-corrected chi connectivity index (χ0v) is 14.9. The maximum Gasteiger partial charge on any atom is 0.131 e. The zero-order valence-electron chi connectivity index (χ0n) is 14.9. The van der Waals surface area contributed by atoms with Crippen molar-refractivity contribution in [2.75, 3.05) is 13.8 Å². The fourth-order valence-corrected chi connectivity index (χ4v) is 3.31. The van der Waals surface area contributed by atoms with Crippen LogP contribution >= 0.6 is 0 Å². The summed E-state index contributed by atoms with van der Waals surface area (Å²) in [7, 11) is 1.54. The van der Waals surface area contributed by atoms with E-state index in [1.165, 1.54) is 7.11 Å². The van der Waals surface area contributed by atoms with Gasteiger partial charge < -0.3 is 14.9 Å². The highest BCUT2D eigenvalue weighted by atomic mass is 16.5. The van der Waals surface area contributed by atoms with E-state index >= 15 is 0 Å². The molecule has 0 fully saturated rings. The zero-order chi connectivity index (χ0) is 18.8. The van der Waals surface area contributed by atoms with Crippen molar-refractivity contribution in [1.29, 1.82) is 0 Å². The lowest BCUT2D eigenvalue weighted by atomic mass is 9.97. The topological polar surface area (TPSA) is 87.3 Å². The van der Waals surface area contributed by atoms with E-state index in [4.69, 9.17) is 4.74 Å². The molecule has 1 aromatic heterocycles. The van der Waals surface area contributed by atoms with Gasteiger partial charge in [0.1, 0.15) is 18.1 Å². The Bertz CT molecular complexity index is 1050.